The van der Waals surface area contributed by atoms with E-state index in [1.807, 2.05) is 19.9 Å². The Kier molecular flexibility index (Phi) is 5.85. The van der Waals surface area contributed by atoms with E-state index in [4.69, 9.17) is 23.2 Å². The maximum atomic E-state index is 12.2. The van der Waals surface area contributed by atoms with Crippen molar-refractivity contribution in [3.05, 3.63) is 45.7 Å². The summed E-state index contributed by atoms with van der Waals surface area (Å²) in [6.07, 6.45) is 0. The molecule has 1 N–H and O–H groups in total. The maximum absolute atomic E-state index is 12.2. The molecular formula is C16H18Cl2N4O2. The predicted molar refractivity (Wildman–Crippen MR) is 94.4 cm³/mol. The zero-order valence-electron chi connectivity index (χ0n) is 13.6. The number of hydrogen-bond acceptors (Lipinski definition) is 3. The monoisotopic (exact) mass is 368 g/mol. The van der Waals surface area contributed by atoms with Gasteiger partial charge >= 0.3 is 0 Å². The van der Waals surface area contributed by atoms with Gasteiger partial charge in [0.05, 0.1) is 28.0 Å². The molecule has 0 spiro atoms. The number of likely N-dealkylation sites (N-methyl/N-ethyl adjacent to an activating group) is 1. The average Bonchev–Trinajstić information content (AvgIpc) is 2.80. The van der Waals surface area contributed by atoms with Crippen molar-refractivity contribution in [3.63, 3.8) is 0 Å². The highest BCUT2D eigenvalue weighted by molar-refractivity contribution is 6.39. The number of anilines is 1. The number of amides is 2. The van der Waals surface area contributed by atoms with E-state index >= 15 is 0 Å². The summed E-state index contributed by atoms with van der Waals surface area (Å²) in [5.74, 6) is -0.601. The maximum Gasteiger partial charge on any atom is 0.244 e. The first-order valence-corrected chi connectivity index (χ1v) is 8.02. The number of halogens is 2. The molecule has 24 heavy (non-hydrogen) atoms. The van der Waals surface area contributed by atoms with Crippen molar-refractivity contribution < 1.29 is 9.59 Å². The smallest absolute Gasteiger partial charge is 0.244 e. The van der Waals surface area contributed by atoms with Gasteiger partial charge in [-0.25, -0.2) is 0 Å². The number of rotatable bonds is 5. The van der Waals surface area contributed by atoms with E-state index < -0.39 is 0 Å². The fourth-order valence-electron chi connectivity index (χ4n) is 2.18. The fraction of sp³-hybridized carbons (Fsp3) is 0.312. The van der Waals surface area contributed by atoms with Gasteiger partial charge in [-0.3, -0.25) is 14.3 Å². The van der Waals surface area contributed by atoms with Crippen molar-refractivity contribution in [1.29, 1.82) is 0 Å². The summed E-state index contributed by atoms with van der Waals surface area (Å²) in [6, 6.07) is 6.82. The Morgan fingerprint density at radius 3 is 2.42 bits per heavy atom. The van der Waals surface area contributed by atoms with Crippen LogP contribution in [-0.2, 0) is 16.1 Å². The first-order valence-electron chi connectivity index (χ1n) is 7.27. The minimum atomic E-state index is -0.380. The molecule has 0 bridgehead atoms. The number of nitrogens with one attached hydrogen (secondary N) is 1. The molecule has 2 amide bonds. The highest BCUT2D eigenvalue weighted by atomic mass is 35.5. The number of aryl methyl sites for hydroxylation is 2. The number of hydrogen-bond donors (Lipinski definition) is 1. The molecule has 0 aliphatic carbocycles. The van der Waals surface area contributed by atoms with Crippen LogP contribution in [0.5, 0.6) is 0 Å². The fourth-order valence-corrected chi connectivity index (χ4v) is 2.68. The van der Waals surface area contributed by atoms with Crippen LogP contribution in [0.15, 0.2) is 24.3 Å². The highest BCUT2D eigenvalue weighted by Gasteiger charge is 2.16. The molecule has 2 rings (SSSR count). The Hall–Kier alpha value is -2.05. The molecular weight excluding hydrogens is 351 g/mol. The highest BCUT2D eigenvalue weighted by Crippen LogP contribution is 2.29. The van der Waals surface area contributed by atoms with Gasteiger partial charge in [-0.15, -0.1) is 0 Å². The molecule has 0 radical (unpaired) electrons. The third kappa shape index (κ3) is 4.49. The molecule has 0 unspecified atom stereocenters. The van der Waals surface area contributed by atoms with E-state index in [-0.39, 0.29) is 24.9 Å². The molecule has 1 heterocycles. The van der Waals surface area contributed by atoms with Crippen molar-refractivity contribution in [3.8, 4) is 0 Å². The van der Waals surface area contributed by atoms with Gasteiger partial charge in [-0.05, 0) is 32.0 Å². The standard InChI is InChI=1S/C16H18Cl2N4O2/c1-10-7-11(2)22(20-10)9-15(24)21(3)8-14(23)19-16-12(17)5-4-6-13(16)18/h4-7H,8-9H2,1-3H3,(H,19,23). The molecule has 6 nitrogen and oxygen atoms in total. The zero-order chi connectivity index (χ0) is 17.9. The van der Waals surface area contributed by atoms with Crippen LogP contribution >= 0.6 is 23.2 Å². The Morgan fingerprint density at radius 1 is 1.25 bits per heavy atom. The molecule has 1 aromatic carbocycles. The van der Waals surface area contributed by atoms with Gasteiger partial charge in [0.15, 0.2) is 0 Å². The first-order chi connectivity index (χ1) is 11.3. The molecule has 0 saturated carbocycles. The number of carbonyl (C=O) groups is 2. The Labute approximate surface area is 150 Å². The van der Waals surface area contributed by atoms with Crippen LogP contribution in [0.1, 0.15) is 11.4 Å². The lowest BCUT2D eigenvalue weighted by molar-refractivity contribution is -0.134. The summed E-state index contributed by atoms with van der Waals surface area (Å²) in [6.45, 7) is 3.70. The molecule has 1 aromatic heterocycles. The van der Waals surface area contributed by atoms with Crippen molar-refractivity contribution in [2.24, 2.45) is 0 Å². The van der Waals surface area contributed by atoms with Crippen LogP contribution in [0, 0.1) is 13.8 Å². The van der Waals surface area contributed by atoms with Crippen LogP contribution in [0.25, 0.3) is 0 Å². The number of carbonyl (C=O) groups excluding carboxylic acids is 2. The largest absolute Gasteiger partial charge is 0.335 e. The summed E-state index contributed by atoms with van der Waals surface area (Å²) in [4.78, 5) is 25.7. The third-order valence-corrected chi connectivity index (χ3v) is 4.05. The lowest BCUT2D eigenvalue weighted by atomic mass is 10.3. The van der Waals surface area contributed by atoms with E-state index in [1.165, 1.54) is 4.90 Å². The van der Waals surface area contributed by atoms with Gasteiger partial charge < -0.3 is 10.2 Å². The quantitative estimate of drug-likeness (QED) is 0.881. The van der Waals surface area contributed by atoms with E-state index in [0.29, 0.717) is 15.7 Å². The van der Waals surface area contributed by atoms with Crippen LogP contribution in [0.2, 0.25) is 10.0 Å². The van der Waals surface area contributed by atoms with Gasteiger partial charge in [-0.1, -0.05) is 29.3 Å². The third-order valence-electron chi connectivity index (χ3n) is 3.42. The molecule has 2 aromatic rings. The molecule has 128 valence electrons. The van der Waals surface area contributed by atoms with Gasteiger partial charge in [-0.2, -0.15) is 5.10 Å². The van der Waals surface area contributed by atoms with Crippen molar-refractivity contribution >= 4 is 40.7 Å². The van der Waals surface area contributed by atoms with Crippen LogP contribution < -0.4 is 5.32 Å². The zero-order valence-corrected chi connectivity index (χ0v) is 15.1. The number of nitrogens with zero attached hydrogens (tertiary/aromatic N) is 3. The number of benzene rings is 1. The lowest BCUT2D eigenvalue weighted by Crippen LogP contribution is -2.37. The summed E-state index contributed by atoms with van der Waals surface area (Å²) in [5, 5.41) is 7.54. The summed E-state index contributed by atoms with van der Waals surface area (Å²) < 4.78 is 1.61. The predicted octanol–water partition coefficient (Wildman–Crippen LogP) is 2.90. The van der Waals surface area contributed by atoms with E-state index in [1.54, 1.807) is 29.9 Å². The molecule has 0 aliphatic rings. The van der Waals surface area contributed by atoms with Gasteiger partial charge in [0, 0.05) is 12.7 Å². The first kappa shape index (κ1) is 18.3. The van der Waals surface area contributed by atoms with E-state index in [2.05, 4.69) is 10.4 Å². The summed E-state index contributed by atoms with van der Waals surface area (Å²) >= 11 is 12.0. The normalized spacial score (nSPS) is 10.5. The second kappa shape index (κ2) is 7.68. The second-order valence-electron chi connectivity index (χ2n) is 5.48. The Morgan fingerprint density at radius 2 is 1.88 bits per heavy atom. The summed E-state index contributed by atoms with van der Waals surface area (Å²) in [7, 11) is 1.56. The minimum absolute atomic E-state index is 0.0797. The van der Waals surface area contributed by atoms with Gasteiger partial charge in [0.1, 0.15) is 6.54 Å². The van der Waals surface area contributed by atoms with E-state index in [0.717, 1.165) is 11.4 Å². The van der Waals surface area contributed by atoms with Crippen molar-refractivity contribution in [1.82, 2.24) is 14.7 Å². The van der Waals surface area contributed by atoms with Gasteiger partial charge in [0.2, 0.25) is 11.8 Å². The van der Waals surface area contributed by atoms with Gasteiger partial charge in [0.25, 0.3) is 0 Å². The SMILES string of the molecule is Cc1cc(C)n(CC(=O)N(C)CC(=O)Nc2c(Cl)cccc2Cl)n1. The lowest BCUT2D eigenvalue weighted by Gasteiger charge is -2.18. The average molecular weight is 369 g/mol. The van der Waals surface area contributed by atoms with E-state index in [9.17, 15) is 9.59 Å². The summed E-state index contributed by atoms with van der Waals surface area (Å²) in [5.41, 5.74) is 2.07. The number of para-hydroxylation sites is 1. The Balaban J connectivity index is 1.96. The Bertz CT molecular complexity index is 753. The van der Waals surface area contributed by atoms with Crippen molar-refractivity contribution in [2.75, 3.05) is 18.9 Å². The molecule has 0 aliphatic heterocycles. The topological polar surface area (TPSA) is 67.2 Å². The number of aromatic nitrogens is 2. The van der Waals surface area contributed by atoms with Crippen LogP contribution in [0.4, 0.5) is 5.69 Å². The molecule has 0 fully saturated rings. The van der Waals surface area contributed by atoms with Crippen LogP contribution in [-0.4, -0.2) is 40.1 Å². The molecule has 0 saturated heterocycles. The van der Waals surface area contributed by atoms with Crippen LogP contribution in [0.3, 0.4) is 0 Å². The molecule has 0 atom stereocenters. The minimum Gasteiger partial charge on any atom is -0.335 e. The molecule has 8 heteroatoms. The van der Waals surface area contributed by atoms with Crippen molar-refractivity contribution in [2.45, 2.75) is 20.4 Å². The second-order valence-corrected chi connectivity index (χ2v) is 6.29.